The van der Waals surface area contributed by atoms with Crippen LogP contribution in [0, 0.1) is 0 Å². The van der Waals surface area contributed by atoms with Gasteiger partial charge in [-0.15, -0.1) is 6.58 Å². The Morgan fingerprint density at radius 2 is 2.11 bits per heavy atom. The molecular weight excluding hydrogens is 238 g/mol. The van der Waals surface area contributed by atoms with Crippen LogP contribution in [0.25, 0.3) is 0 Å². The number of hydrogen-bond donors (Lipinski definition) is 0. The normalized spacial score (nSPS) is 12.2. The summed E-state index contributed by atoms with van der Waals surface area (Å²) < 4.78 is 5.03. The smallest absolute Gasteiger partial charge is 0.320 e. The van der Waals surface area contributed by atoms with E-state index < -0.39 is 0 Å². The SMILES string of the molecule is C=CCCN(CC(=O)OCC)C(C)c1ccccc1. The van der Waals surface area contributed by atoms with Crippen molar-refractivity contribution in [2.24, 2.45) is 0 Å². The van der Waals surface area contributed by atoms with Crippen molar-refractivity contribution in [3.63, 3.8) is 0 Å². The highest BCUT2D eigenvalue weighted by molar-refractivity contribution is 5.71. The minimum Gasteiger partial charge on any atom is -0.465 e. The van der Waals surface area contributed by atoms with Crippen molar-refractivity contribution in [3.05, 3.63) is 48.6 Å². The molecule has 3 nitrogen and oxygen atoms in total. The van der Waals surface area contributed by atoms with Crippen LogP contribution >= 0.6 is 0 Å². The number of carbonyl (C=O) groups excluding carboxylic acids is 1. The fourth-order valence-electron chi connectivity index (χ4n) is 1.98. The molecule has 0 aliphatic rings. The maximum atomic E-state index is 11.7. The minimum absolute atomic E-state index is 0.172. The zero-order valence-electron chi connectivity index (χ0n) is 11.8. The van der Waals surface area contributed by atoms with Crippen LogP contribution in [0.15, 0.2) is 43.0 Å². The molecule has 0 heterocycles. The lowest BCUT2D eigenvalue weighted by molar-refractivity contribution is -0.145. The predicted molar refractivity (Wildman–Crippen MR) is 77.9 cm³/mol. The number of hydrogen-bond acceptors (Lipinski definition) is 3. The first-order valence-corrected chi connectivity index (χ1v) is 6.74. The summed E-state index contributed by atoms with van der Waals surface area (Å²) in [5.74, 6) is -0.172. The number of esters is 1. The van der Waals surface area contributed by atoms with Crippen molar-refractivity contribution in [2.75, 3.05) is 19.7 Å². The van der Waals surface area contributed by atoms with Gasteiger partial charge < -0.3 is 4.74 Å². The van der Waals surface area contributed by atoms with Crippen molar-refractivity contribution in [1.82, 2.24) is 4.90 Å². The zero-order chi connectivity index (χ0) is 14.1. The van der Waals surface area contributed by atoms with Gasteiger partial charge in [-0.3, -0.25) is 9.69 Å². The van der Waals surface area contributed by atoms with Gasteiger partial charge >= 0.3 is 5.97 Å². The van der Waals surface area contributed by atoms with Crippen LogP contribution in [-0.2, 0) is 9.53 Å². The van der Waals surface area contributed by atoms with Gasteiger partial charge in [0.2, 0.25) is 0 Å². The largest absolute Gasteiger partial charge is 0.465 e. The molecule has 1 atom stereocenters. The van der Waals surface area contributed by atoms with E-state index >= 15 is 0 Å². The molecule has 0 amide bonds. The highest BCUT2D eigenvalue weighted by Crippen LogP contribution is 2.20. The highest BCUT2D eigenvalue weighted by Gasteiger charge is 2.18. The van der Waals surface area contributed by atoms with E-state index in [0.29, 0.717) is 13.2 Å². The number of rotatable bonds is 8. The third-order valence-corrected chi connectivity index (χ3v) is 3.09. The fraction of sp³-hybridized carbons (Fsp3) is 0.438. The standard InChI is InChI=1S/C16H23NO2/c1-4-6-12-17(13-16(18)19-5-2)14(3)15-10-8-7-9-11-15/h4,7-11,14H,1,5-6,12-13H2,2-3H3. The van der Waals surface area contributed by atoms with Gasteiger partial charge in [-0.25, -0.2) is 0 Å². The van der Waals surface area contributed by atoms with Crippen molar-refractivity contribution in [2.45, 2.75) is 26.3 Å². The van der Waals surface area contributed by atoms with Crippen molar-refractivity contribution >= 4 is 5.97 Å². The van der Waals surface area contributed by atoms with E-state index in [2.05, 4.69) is 30.5 Å². The molecule has 1 aromatic carbocycles. The first-order valence-electron chi connectivity index (χ1n) is 6.74. The lowest BCUT2D eigenvalue weighted by Gasteiger charge is -2.28. The average Bonchev–Trinajstić information content (AvgIpc) is 2.44. The molecule has 0 spiro atoms. The monoisotopic (exact) mass is 261 g/mol. The topological polar surface area (TPSA) is 29.5 Å². The highest BCUT2D eigenvalue weighted by atomic mass is 16.5. The van der Waals surface area contributed by atoms with E-state index in [9.17, 15) is 4.79 Å². The van der Waals surface area contributed by atoms with Crippen LogP contribution in [0.4, 0.5) is 0 Å². The molecule has 1 aromatic rings. The Hall–Kier alpha value is -1.61. The molecule has 0 aromatic heterocycles. The first-order chi connectivity index (χ1) is 9.19. The van der Waals surface area contributed by atoms with Crippen molar-refractivity contribution in [1.29, 1.82) is 0 Å². The zero-order valence-corrected chi connectivity index (χ0v) is 11.8. The van der Waals surface area contributed by atoms with Gasteiger partial charge in [0.25, 0.3) is 0 Å². The molecule has 0 saturated heterocycles. The minimum atomic E-state index is -0.172. The Balaban J connectivity index is 2.72. The molecule has 0 saturated carbocycles. The lowest BCUT2D eigenvalue weighted by atomic mass is 10.1. The van der Waals surface area contributed by atoms with Crippen LogP contribution in [-0.4, -0.2) is 30.6 Å². The number of ether oxygens (including phenoxy) is 1. The Morgan fingerprint density at radius 1 is 1.42 bits per heavy atom. The number of benzene rings is 1. The summed E-state index contributed by atoms with van der Waals surface area (Å²) in [6, 6.07) is 10.4. The van der Waals surface area contributed by atoms with E-state index in [1.54, 1.807) is 0 Å². The Morgan fingerprint density at radius 3 is 2.68 bits per heavy atom. The molecule has 1 unspecified atom stereocenters. The Labute approximate surface area is 115 Å². The molecule has 0 radical (unpaired) electrons. The fourth-order valence-corrected chi connectivity index (χ4v) is 1.98. The van der Waals surface area contributed by atoms with E-state index in [1.807, 2.05) is 31.2 Å². The second kappa shape index (κ2) is 8.48. The average molecular weight is 261 g/mol. The van der Waals surface area contributed by atoms with E-state index in [-0.39, 0.29) is 12.0 Å². The maximum Gasteiger partial charge on any atom is 0.320 e. The van der Waals surface area contributed by atoms with Crippen LogP contribution in [0.5, 0.6) is 0 Å². The van der Waals surface area contributed by atoms with E-state index in [0.717, 1.165) is 13.0 Å². The molecule has 1 rings (SSSR count). The number of nitrogens with zero attached hydrogens (tertiary/aromatic N) is 1. The van der Waals surface area contributed by atoms with Crippen molar-refractivity contribution < 1.29 is 9.53 Å². The summed E-state index contributed by atoms with van der Waals surface area (Å²) in [4.78, 5) is 13.8. The molecule has 0 bridgehead atoms. The quantitative estimate of drug-likeness (QED) is 0.531. The van der Waals surface area contributed by atoms with Gasteiger partial charge in [-0.05, 0) is 25.8 Å². The molecule has 0 N–H and O–H groups in total. The van der Waals surface area contributed by atoms with Crippen molar-refractivity contribution in [3.8, 4) is 0 Å². The first kappa shape index (κ1) is 15.4. The molecule has 0 aliphatic carbocycles. The summed E-state index contributed by atoms with van der Waals surface area (Å²) in [5, 5.41) is 0. The molecule has 3 heteroatoms. The van der Waals surface area contributed by atoms with Crippen LogP contribution in [0.2, 0.25) is 0 Å². The van der Waals surface area contributed by atoms with Gasteiger partial charge in [0.1, 0.15) is 0 Å². The third kappa shape index (κ3) is 5.26. The molecule has 0 fully saturated rings. The Kier molecular flexibility index (Phi) is 6.90. The van der Waals surface area contributed by atoms with Gasteiger partial charge in [0.05, 0.1) is 13.2 Å². The predicted octanol–water partition coefficient (Wildman–Crippen LogP) is 3.19. The molecule has 104 valence electrons. The lowest BCUT2D eigenvalue weighted by Crippen LogP contribution is -2.34. The Bertz CT molecular complexity index is 389. The van der Waals surface area contributed by atoms with Crippen LogP contribution in [0.3, 0.4) is 0 Å². The summed E-state index contributed by atoms with van der Waals surface area (Å²) in [7, 11) is 0. The number of carbonyl (C=O) groups is 1. The maximum absolute atomic E-state index is 11.7. The second-order valence-corrected chi connectivity index (χ2v) is 4.44. The van der Waals surface area contributed by atoms with Crippen LogP contribution < -0.4 is 0 Å². The summed E-state index contributed by atoms with van der Waals surface area (Å²) in [5.41, 5.74) is 1.20. The molecular formula is C16H23NO2. The molecule has 0 aliphatic heterocycles. The van der Waals surface area contributed by atoms with E-state index in [1.165, 1.54) is 5.56 Å². The second-order valence-electron chi connectivity index (χ2n) is 4.44. The van der Waals surface area contributed by atoms with Gasteiger partial charge in [0, 0.05) is 12.6 Å². The van der Waals surface area contributed by atoms with Crippen LogP contribution in [0.1, 0.15) is 31.9 Å². The van der Waals surface area contributed by atoms with Gasteiger partial charge in [-0.2, -0.15) is 0 Å². The van der Waals surface area contributed by atoms with Gasteiger partial charge in [-0.1, -0.05) is 36.4 Å². The van der Waals surface area contributed by atoms with Gasteiger partial charge in [0.15, 0.2) is 0 Å². The summed E-state index contributed by atoms with van der Waals surface area (Å²) in [6.45, 7) is 9.22. The third-order valence-electron chi connectivity index (χ3n) is 3.09. The summed E-state index contributed by atoms with van der Waals surface area (Å²) in [6.07, 6.45) is 2.73. The molecule has 19 heavy (non-hydrogen) atoms. The van der Waals surface area contributed by atoms with E-state index in [4.69, 9.17) is 4.74 Å². The summed E-state index contributed by atoms with van der Waals surface area (Å²) >= 11 is 0.